The number of amides is 3. The second kappa shape index (κ2) is 10.2. The summed E-state index contributed by atoms with van der Waals surface area (Å²) in [4.78, 5) is 49.1. The van der Waals surface area contributed by atoms with E-state index < -0.39 is 41.9 Å². The van der Waals surface area contributed by atoms with E-state index in [9.17, 15) is 24.3 Å². The average Bonchev–Trinajstić information content (AvgIpc) is 3.35. The molecule has 1 saturated heterocycles. The molecule has 2 unspecified atom stereocenters. The lowest BCUT2D eigenvalue weighted by atomic mass is 9.98. The fourth-order valence-electron chi connectivity index (χ4n) is 4.76. The molecule has 2 aromatic rings. The lowest BCUT2D eigenvalue weighted by molar-refractivity contribution is -0.143. The van der Waals surface area contributed by atoms with Gasteiger partial charge in [-0.3, -0.25) is 14.4 Å². The van der Waals surface area contributed by atoms with Gasteiger partial charge in [0, 0.05) is 12.5 Å². The second-order valence-corrected chi connectivity index (χ2v) is 9.33. The molecule has 1 aliphatic carbocycles. The fourth-order valence-corrected chi connectivity index (χ4v) is 4.76. The Morgan fingerprint density at radius 2 is 1.66 bits per heavy atom. The molecule has 4 rings (SSSR count). The van der Waals surface area contributed by atoms with Crippen LogP contribution in [0.15, 0.2) is 48.5 Å². The standard InChI is InChI=1S/C26H29N3O6/c1-14(2)11-21(23(30)29-22-19(25(32)33)12-27-24(22)31)28-26(34)35-13-20-17-9-5-3-7-15(17)16-8-4-6-10-18(16)20/h3-10,14,19-22H,11-13H2,1-2H3,(H,27,31)(H,28,34)(H,29,30)(H,32,33)/t19?,21-,22?/m0/s1. The van der Waals surface area contributed by atoms with E-state index in [0.29, 0.717) is 6.42 Å². The second-order valence-electron chi connectivity index (χ2n) is 9.33. The number of benzene rings is 2. The molecule has 1 fully saturated rings. The third-order valence-corrected chi connectivity index (χ3v) is 6.46. The lowest BCUT2D eigenvalue weighted by Gasteiger charge is -2.23. The van der Waals surface area contributed by atoms with Crippen molar-refractivity contribution in [1.82, 2.24) is 16.0 Å². The Labute approximate surface area is 203 Å². The molecule has 0 aromatic heterocycles. The fraction of sp³-hybridized carbons (Fsp3) is 0.385. The topological polar surface area (TPSA) is 134 Å². The lowest BCUT2D eigenvalue weighted by Crippen LogP contribution is -2.54. The van der Waals surface area contributed by atoms with Gasteiger partial charge in [0.15, 0.2) is 0 Å². The minimum Gasteiger partial charge on any atom is -0.481 e. The number of ether oxygens (including phenoxy) is 1. The molecule has 2 aliphatic rings. The first-order valence-electron chi connectivity index (χ1n) is 11.7. The van der Waals surface area contributed by atoms with E-state index in [1.165, 1.54) is 0 Å². The molecule has 1 heterocycles. The van der Waals surface area contributed by atoms with Crippen LogP contribution in [0.4, 0.5) is 4.79 Å². The van der Waals surface area contributed by atoms with E-state index in [1.807, 2.05) is 62.4 Å². The van der Waals surface area contributed by atoms with Crippen molar-refractivity contribution in [2.24, 2.45) is 11.8 Å². The zero-order chi connectivity index (χ0) is 25.1. The predicted molar refractivity (Wildman–Crippen MR) is 128 cm³/mol. The van der Waals surface area contributed by atoms with E-state index in [-0.39, 0.29) is 25.0 Å². The molecule has 4 N–H and O–H groups in total. The maximum absolute atomic E-state index is 12.9. The van der Waals surface area contributed by atoms with Crippen molar-refractivity contribution in [3.8, 4) is 11.1 Å². The zero-order valence-corrected chi connectivity index (χ0v) is 19.6. The number of carboxylic acids is 1. The van der Waals surface area contributed by atoms with Gasteiger partial charge in [0.05, 0.1) is 0 Å². The van der Waals surface area contributed by atoms with Crippen molar-refractivity contribution < 1.29 is 29.0 Å². The highest BCUT2D eigenvalue weighted by Crippen LogP contribution is 2.44. The van der Waals surface area contributed by atoms with Gasteiger partial charge in [-0.05, 0) is 34.6 Å². The van der Waals surface area contributed by atoms with Crippen molar-refractivity contribution in [1.29, 1.82) is 0 Å². The van der Waals surface area contributed by atoms with Gasteiger partial charge in [-0.25, -0.2) is 4.79 Å². The number of rotatable bonds is 8. The number of aliphatic carboxylic acids is 1. The van der Waals surface area contributed by atoms with Gasteiger partial charge in [0.1, 0.15) is 24.6 Å². The van der Waals surface area contributed by atoms with Crippen molar-refractivity contribution in [2.45, 2.75) is 38.3 Å². The predicted octanol–water partition coefficient (Wildman–Crippen LogP) is 2.26. The number of fused-ring (bicyclic) bond motifs is 3. The smallest absolute Gasteiger partial charge is 0.407 e. The Bertz CT molecular complexity index is 1100. The first-order valence-corrected chi connectivity index (χ1v) is 11.7. The van der Waals surface area contributed by atoms with Crippen molar-refractivity contribution in [2.75, 3.05) is 13.2 Å². The molecule has 3 atom stereocenters. The largest absolute Gasteiger partial charge is 0.481 e. The highest BCUT2D eigenvalue weighted by Gasteiger charge is 2.41. The summed E-state index contributed by atoms with van der Waals surface area (Å²) in [5.41, 5.74) is 4.36. The van der Waals surface area contributed by atoms with Crippen LogP contribution in [0.25, 0.3) is 11.1 Å². The van der Waals surface area contributed by atoms with Gasteiger partial charge >= 0.3 is 12.1 Å². The molecular formula is C26H29N3O6. The third kappa shape index (κ3) is 5.13. The van der Waals surface area contributed by atoms with Crippen molar-refractivity contribution in [3.63, 3.8) is 0 Å². The summed E-state index contributed by atoms with van der Waals surface area (Å²) in [7, 11) is 0. The molecule has 0 saturated carbocycles. The number of nitrogens with one attached hydrogen (secondary N) is 3. The average molecular weight is 480 g/mol. The summed E-state index contributed by atoms with van der Waals surface area (Å²) in [6, 6.07) is 13.8. The van der Waals surface area contributed by atoms with Gasteiger partial charge < -0.3 is 25.8 Å². The highest BCUT2D eigenvalue weighted by atomic mass is 16.5. The van der Waals surface area contributed by atoms with Crippen molar-refractivity contribution in [3.05, 3.63) is 59.7 Å². The van der Waals surface area contributed by atoms with E-state index >= 15 is 0 Å². The van der Waals surface area contributed by atoms with E-state index in [2.05, 4.69) is 16.0 Å². The number of alkyl carbamates (subject to hydrolysis) is 1. The van der Waals surface area contributed by atoms with Crippen LogP contribution in [0, 0.1) is 11.8 Å². The summed E-state index contributed by atoms with van der Waals surface area (Å²) in [5.74, 6) is -3.51. The van der Waals surface area contributed by atoms with Gasteiger partial charge in [-0.15, -0.1) is 0 Å². The van der Waals surface area contributed by atoms with Gasteiger partial charge in [0.2, 0.25) is 11.8 Å². The quantitative estimate of drug-likeness (QED) is 0.459. The van der Waals surface area contributed by atoms with Crippen LogP contribution in [-0.4, -0.2) is 54.2 Å². The molecule has 0 bridgehead atoms. The number of carbonyl (C=O) groups excluding carboxylic acids is 3. The summed E-state index contributed by atoms with van der Waals surface area (Å²) < 4.78 is 5.55. The monoisotopic (exact) mass is 479 g/mol. The van der Waals surface area contributed by atoms with Crippen LogP contribution >= 0.6 is 0 Å². The minimum atomic E-state index is -1.20. The van der Waals surface area contributed by atoms with E-state index in [0.717, 1.165) is 22.3 Å². The van der Waals surface area contributed by atoms with Crippen LogP contribution in [-0.2, 0) is 19.1 Å². The zero-order valence-electron chi connectivity index (χ0n) is 19.6. The first kappa shape index (κ1) is 24.3. The molecule has 3 amide bonds. The maximum Gasteiger partial charge on any atom is 0.407 e. The molecule has 2 aromatic carbocycles. The van der Waals surface area contributed by atoms with Crippen molar-refractivity contribution >= 4 is 23.9 Å². The Kier molecular flexibility index (Phi) is 7.04. The molecule has 0 radical (unpaired) electrons. The normalized spacial score (nSPS) is 19.5. The van der Waals surface area contributed by atoms with E-state index in [1.54, 1.807) is 0 Å². The minimum absolute atomic E-state index is 0.0484. The number of carbonyl (C=O) groups is 4. The Hall–Kier alpha value is -3.88. The van der Waals surface area contributed by atoms with Gasteiger partial charge in [-0.1, -0.05) is 62.4 Å². The number of hydrogen-bond acceptors (Lipinski definition) is 5. The van der Waals surface area contributed by atoms with Crippen LogP contribution in [0.5, 0.6) is 0 Å². The molecule has 9 nitrogen and oxygen atoms in total. The Balaban J connectivity index is 1.42. The maximum atomic E-state index is 12.9. The Morgan fingerprint density at radius 1 is 1.06 bits per heavy atom. The van der Waals surface area contributed by atoms with Gasteiger partial charge in [0.25, 0.3) is 0 Å². The van der Waals surface area contributed by atoms with Crippen LogP contribution in [0.2, 0.25) is 0 Å². The molecule has 0 spiro atoms. The summed E-state index contributed by atoms with van der Waals surface area (Å²) in [6.07, 6.45) is -0.458. The number of carboxylic acid groups (broad SMARTS) is 1. The summed E-state index contributed by atoms with van der Waals surface area (Å²) in [6.45, 7) is 3.82. The van der Waals surface area contributed by atoms with Crippen LogP contribution in [0.1, 0.15) is 37.3 Å². The molecule has 9 heteroatoms. The number of hydrogen-bond donors (Lipinski definition) is 4. The van der Waals surface area contributed by atoms with Gasteiger partial charge in [-0.2, -0.15) is 0 Å². The summed E-state index contributed by atoms with van der Waals surface area (Å²) in [5, 5.41) is 16.9. The SMILES string of the molecule is CC(C)C[C@H](NC(=O)OCC1c2ccccc2-c2ccccc21)C(=O)NC1C(=O)NCC1C(=O)O. The Morgan fingerprint density at radius 3 is 2.23 bits per heavy atom. The van der Waals surface area contributed by atoms with E-state index in [4.69, 9.17) is 4.74 Å². The first-order chi connectivity index (χ1) is 16.8. The van der Waals surface area contributed by atoms with Crippen LogP contribution in [0.3, 0.4) is 0 Å². The molecule has 35 heavy (non-hydrogen) atoms. The molecular weight excluding hydrogens is 450 g/mol. The molecule has 184 valence electrons. The highest BCUT2D eigenvalue weighted by molar-refractivity contribution is 5.96. The summed E-state index contributed by atoms with van der Waals surface area (Å²) >= 11 is 0. The third-order valence-electron chi connectivity index (χ3n) is 6.46. The molecule has 1 aliphatic heterocycles. The van der Waals surface area contributed by atoms with Crippen LogP contribution < -0.4 is 16.0 Å².